The number of allylic oxidation sites excluding steroid dienone is 2. The summed E-state index contributed by atoms with van der Waals surface area (Å²) in [7, 11) is 0. The summed E-state index contributed by atoms with van der Waals surface area (Å²) >= 11 is 6.11. The molecule has 2 heteroatoms. The van der Waals surface area contributed by atoms with Crippen LogP contribution in [0.1, 0.15) is 65.2 Å². The van der Waals surface area contributed by atoms with Gasteiger partial charge in [-0.05, 0) is 25.7 Å². The first-order chi connectivity index (χ1) is 7.26. The van der Waals surface area contributed by atoms with Crippen LogP contribution in [0.2, 0.25) is 0 Å². The molecule has 88 valence electrons. The number of unbranched alkanes of at least 4 members (excludes halogenated alkanes) is 4. The fourth-order valence-corrected chi connectivity index (χ4v) is 1.79. The van der Waals surface area contributed by atoms with Crippen LogP contribution >= 0.6 is 11.6 Å². The highest BCUT2D eigenvalue weighted by Crippen LogP contribution is 2.20. The average molecular weight is 231 g/mol. The minimum Gasteiger partial charge on any atom is -0.298 e. The van der Waals surface area contributed by atoms with Crippen LogP contribution in [0.15, 0.2) is 10.6 Å². The highest BCUT2D eigenvalue weighted by Gasteiger charge is 2.03. The summed E-state index contributed by atoms with van der Waals surface area (Å²) in [5, 5.41) is 0.787. The van der Waals surface area contributed by atoms with Gasteiger partial charge in [-0.1, -0.05) is 51.1 Å². The first-order valence-corrected chi connectivity index (χ1v) is 6.46. The fourth-order valence-electron chi connectivity index (χ4n) is 1.51. The van der Waals surface area contributed by atoms with E-state index in [4.69, 9.17) is 11.6 Å². The molecule has 0 heterocycles. The molecule has 0 amide bonds. The zero-order valence-corrected chi connectivity index (χ0v) is 10.8. The van der Waals surface area contributed by atoms with Crippen LogP contribution in [-0.4, -0.2) is 6.29 Å². The standard InChI is InChI=1S/C13H23ClO/c1-3-5-7-9-12(11-15)13(14)10-8-6-4-2/h11H,3-10H2,1-2H3. The molecule has 0 aliphatic heterocycles. The van der Waals surface area contributed by atoms with Gasteiger partial charge < -0.3 is 0 Å². The molecular formula is C13H23ClO. The van der Waals surface area contributed by atoms with Crippen LogP contribution in [0.3, 0.4) is 0 Å². The van der Waals surface area contributed by atoms with Gasteiger partial charge in [-0.15, -0.1) is 0 Å². The van der Waals surface area contributed by atoms with Crippen molar-refractivity contribution in [2.24, 2.45) is 0 Å². The van der Waals surface area contributed by atoms with Gasteiger partial charge >= 0.3 is 0 Å². The molecule has 0 saturated carbocycles. The summed E-state index contributed by atoms with van der Waals surface area (Å²) in [5.41, 5.74) is 0.821. The third kappa shape index (κ3) is 7.61. The lowest BCUT2D eigenvalue weighted by atomic mass is 10.1. The predicted molar refractivity (Wildman–Crippen MR) is 67.2 cm³/mol. The van der Waals surface area contributed by atoms with E-state index < -0.39 is 0 Å². The molecule has 0 spiro atoms. The van der Waals surface area contributed by atoms with Crippen molar-refractivity contribution >= 4 is 17.9 Å². The third-order valence-electron chi connectivity index (χ3n) is 2.54. The van der Waals surface area contributed by atoms with Gasteiger partial charge in [0.15, 0.2) is 0 Å². The fraction of sp³-hybridized carbons (Fsp3) is 0.769. The van der Waals surface area contributed by atoms with Crippen LogP contribution in [-0.2, 0) is 4.79 Å². The molecule has 0 N–H and O–H groups in total. The van der Waals surface area contributed by atoms with E-state index in [2.05, 4.69) is 13.8 Å². The van der Waals surface area contributed by atoms with Crippen LogP contribution in [0, 0.1) is 0 Å². The zero-order valence-electron chi connectivity index (χ0n) is 10.0. The second-order valence-corrected chi connectivity index (χ2v) is 4.42. The Bertz CT molecular complexity index is 197. The number of carbonyl (C=O) groups excluding carboxylic acids is 1. The van der Waals surface area contributed by atoms with E-state index in [0.717, 1.165) is 42.6 Å². The van der Waals surface area contributed by atoms with Crippen LogP contribution < -0.4 is 0 Å². The van der Waals surface area contributed by atoms with Gasteiger partial charge in [0.1, 0.15) is 6.29 Å². The van der Waals surface area contributed by atoms with Gasteiger partial charge in [-0.2, -0.15) is 0 Å². The molecule has 0 aliphatic carbocycles. The summed E-state index contributed by atoms with van der Waals surface area (Å²) < 4.78 is 0. The van der Waals surface area contributed by atoms with Gasteiger partial charge in [-0.3, -0.25) is 4.79 Å². The second-order valence-electron chi connectivity index (χ2n) is 3.96. The van der Waals surface area contributed by atoms with E-state index in [0.29, 0.717) is 0 Å². The number of carbonyl (C=O) groups is 1. The monoisotopic (exact) mass is 230 g/mol. The van der Waals surface area contributed by atoms with Gasteiger partial charge in [0, 0.05) is 10.6 Å². The third-order valence-corrected chi connectivity index (χ3v) is 2.97. The summed E-state index contributed by atoms with van der Waals surface area (Å²) in [6.07, 6.45) is 9.57. The minimum atomic E-state index is 0.787. The molecule has 0 aromatic heterocycles. The Hall–Kier alpha value is -0.300. The van der Waals surface area contributed by atoms with E-state index in [1.54, 1.807) is 0 Å². The Balaban J connectivity index is 3.96. The van der Waals surface area contributed by atoms with E-state index in [1.807, 2.05) is 0 Å². The maximum absolute atomic E-state index is 10.8. The van der Waals surface area contributed by atoms with Crippen LogP contribution in [0.5, 0.6) is 0 Å². The molecule has 0 unspecified atom stereocenters. The maximum atomic E-state index is 10.8. The van der Waals surface area contributed by atoms with Crippen LogP contribution in [0.25, 0.3) is 0 Å². The first-order valence-electron chi connectivity index (χ1n) is 6.08. The highest BCUT2D eigenvalue weighted by molar-refractivity contribution is 6.31. The maximum Gasteiger partial charge on any atom is 0.147 e. The van der Waals surface area contributed by atoms with Crippen LogP contribution in [0.4, 0.5) is 0 Å². The number of hydrogen-bond donors (Lipinski definition) is 0. The summed E-state index contributed by atoms with van der Waals surface area (Å²) in [4.78, 5) is 10.8. The SMILES string of the molecule is CCCCCC(Cl)=C(C=O)CCCCC. The molecule has 15 heavy (non-hydrogen) atoms. The van der Waals surface area contributed by atoms with Gasteiger partial charge in [0.25, 0.3) is 0 Å². The Morgan fingerprint density at radius 2 is 1.53 bits per heavy atom. The largest absolute Gasteiger partial charge is 0.298 e. The second kappa shape index (κ2) is 10.2. The van der Waals surface area contributed by atoms with Gasteiger partial charge in [0.2, 0.25) is 0 Å². The molecular weight excluding hydrogens is 208 g/mol. The summed E-state index contributed by atoms with van der Waals surface area (Å²) in [6.45, 7) is 4.33. The molecule has 0 atom stereocenters. The summed E-state index contributed by atoms with van der Waals surface area (Å²) in [5.74, 6) is 0. The van der Waals surface area contributed by atoms with Crippen molar-refractivity contribution < 1.29 is 4.79 Å². The molecule has 0 aromatic carbocycles. The van der Waals surface area contributed by atoms with Crippen molar-refractivity contribution in [2.45, 2.75) is 65.2 Å². The predicted octanol–water partition coefficient (Wildman–Crippen LogP) is 4.84. The number of rotatable bonds is 9. The number of aldehydes is 1. The molecule has 1 nitrogen and oxygen atoms in total. The van der Waals surface area contributed by atoms with Crippen molar-refractivity contribution in [1.82, 2.24) is 0 Å². The van der Waals surface area contributed by atoms with Crippen molar-refractivity contribution in [3.8, 4) is 0 Å². The normalized spacial score (nSPS) is 12.5. The van der Waals surface area contributed by atoms with E-state index in [1.165, 1.54) is 25.7 Å². The van der Waals surface area contributed by atoms with Crippen molar-refractivity contribution in [2.75, 3.05) is 0 Å². The van der Waals surface area contributed by atoms with Gasteiger partial charge in [-0.25, -0.2) is 0 Å². The molecule has 0 bridgehead atoms. The average Bonchev–Trinajstić information content (AvgIpc) is 2.24. The quantitative estimate of drug-likeness (QED) is 0.315. The van der Waals surface area contributed by atoms with Gasteiger partial charge in [0.05, 0.1) is 0 Å². The number of hydrogen-bond acceptors (Lipinski definition) is 1. The Morgan fingerprint density at radius 1 is 1.00 bits per heavy atom. The van der Waals surface area contributed by atoms with E-state index in [-0.39, 0.29) is 0 Å². The van der Waals surface area contributed by atoms with Crippen molar-refractivity contribution in [1.29, 1.82) is 0 Å². The Labute approximate surface area is 98.9 Å². The smallest absolute Gasteiger partial charge is 0.147 e. The lowest BCUT2D eigenvalue weighted by Gasteiger charge is -2.04. The molecule has 0 saturated heterocycles. The lowest BCUT2D eigenvalue weighted by Crippen LogP contribution is -1.90. The summed E-state index contributed by atoms with van der Waals surface area (Å²) in [6, 6.07) is 0. The van der Waals surface area contributed by atoms with E-state index in [9.17, 15) is 4.79 Å². The lowest BCUT2D eigenvalue weighted by molar-refractivity contribution is -0.105. The van der Waals surface area contributed by atoms with E-state index >= 15 is 0 Å². The zero-order chi connectivity index (χ0) is 11.5. The minimum absolute atomic E-state index is 0.787. The molecule has 0 aliphatic rings. The molecule has 0 radical (unpaired) electrons. The molecule has 0 fully saturated rings. The van der Waals surface area contributed by atoms with Crippen molar-refractivity contribution in [3.05, 3.63) is 10.6 Å². The first kappa shape index (κ1) is 14.7. The van der Waals surface area contributed by atoms with Crippen molar-refractivity contribution in [3.63, 3.8) is 0 Å². The number of halogens is 1. The highest BCUT2D eigenvalue weighted by atomic mass is 35.5. The topological polar surface area (TPSA) is 17.1 Å². The molecule has 0 rings (SSSR count). The Morgan fingerprint density at radius 3 is 2.00 bits per heavy atom. The Kier molecular flexibility index (Phi) is 10.0. The molecule has 0 aromatic rings.